The third-order valence-corrected chi connectivity index (χ3v) is 1.77. The van der Waals surface area contributed by atoms with Crippen LogP contribution < -0.4 is 4.74 Å². The SMILES string of the molecule is COCOc1ccc(C(C)O)cc1F. The van der Waals surface area contributed by atoms with Gasteiger partial charge < -0.3 is 14.6 Å². The molecule has 0 spiro atoms. The number of ether oxygens (including phenoxy) is 2. The van der Waals surface area contributed by atoms with Crippen LogP contribution in [0.1, 0.15) is 18.6 Å². The molecule has 0 aromatic heterocycles. The fraction of sp³-hybridized carbons (Fsp3) is 0.400. The van der Waals surface area contributed by atoms with Gasteiger partial charge in [-0.3, -0.25) is 0 Å². The predicted octanol–water partition coefficient (Wildman–Crippen LogP) is 1.86. The molecule has 78 valence electrons. The molecule has 1 aromatic rings. The average Bonchev–Trinajstić information content (AvgIpc) is 2.15. The van der Waals surface area contributed by atoms with Crippen LogP contribution in [-0.2, 0) is 4.74 Å². The molecule has 0 amide bonds. The van der Waals surface area contributed by atoms with E-state index in [1.807, 2.05) is 0 Å². The lowest BCUT2D eigenvalue weighted by Crippen LogP contribution is -2.01. The Morgan fingerprint density at radius 2 is 2.21 bits per heavy atom. The number of halogens is 1. The number of hydrogen-bond donors (Lipinski definition) is 1. The van der Waals surface area contributed by atoms with E-state index in [1.54, 1.807) is 13.0 Å². The molecule has 0 saturated heterocycles. The number of hydrogen-bond acceptors (Lipinski definition) is 3. The quantitative estimate of drug-likeness (QED) is 0.754. The molecule has 0 fully saturated rings. The van der Waals surface area contributed by atoms with Gasteiger partial charge in [0, 0.05) is 7.11 Å². The summed E-state index contributed by atoms with van der Waals surface area (Å²) in [4.78, 5) is 0. The second-order valence-electron chi connectivity index (χ2n) is 2.92. The van der Waals surface area contributed by atoms with Gasteiger partial charge in [0.15, 0.2) is 18.4 Å². The van der Waals surface area contributed by atoms with E-state index in [0.29, 0.717) is 5.56 Å². The normalized spacial score (nSPS) is 12.6. The lowest BCUT2D eigenvalue weighted by atomic mass is 10.1. The molecule has 0 aliphatic rings. The molecule has 0 aliphatic heterocycles. The molecule has 0 saturated carbocycles. The summed E-state index contributed by atoms with van der Waals surface area (Å²) in [5.74, 6) is -0.378. The molecule has 1 rings (SSSR count). The van der Waals surface area contributed by atoms with Gasteiger partial charge >= 0.3 is 0 Å². The van der Waals surface area contributed by atoms with E-state index in [-0.39, 0.29) is 12.5 Å². The zero-order valence-corrected chi connectivity index (χ0v) is 8.16. The summed E-state index contributed by atoms with van der Waals surface area (Å²) in [6.45, 7) is 1.58. The molecule has 0 bridgehead atoms. The van der Waals surface area contributed by atoms with Crippen molar-refractivity contribution in [3.63, 3.8) is 0 Å². The Balaban J connectivity index is 2.79. The van der Waals surface area contributed by atoms with Crippen molar-refractivity contribution in [2.45, 2.75) is 13.0 Å². The maximum atomic E-state index is 13.2. The first-order chi connectivity index (χ1) is 6.65. The number of aliphatic hydroxyl groups is 1. The molecule has 1 atom stereocenters. The van der Waals surface area contributed by atoms with Crippen molar-refractivity contribution >= 4 is 0 Å². The van der Waals surface area contributed by atoms with Crippen LogP contribution in [-0.4, -0.2) is 19.0 Å². The molecular weight excluding hydrogens is 187 g/mol. The van der Waals surface area contributed by atoms with Crippen molar-refractivity contribution in [2.24, 2.45) is 0 Å². The molecule has 1 aromatic carbocycles. The Morgan fingerprint density at radius 1 is 1.50 bits per heavy atom. The second-order valence-corrected chi connectivity index (χ2v) is 2.92. The van der Waals surface area contributed by atoms with Crippen LogP contribution in [0.5, 0.6) is 5.75 Å². The Labute approximate surface area is 82.1 Å². The van der Waals surface area contributed by atoms with Crippen LogP contribution in [0.4, 0.5) is 4.39 Å². The first-order valence-electron chi connectivity index (χ1n) is 4.24. The molecule has 4 heteroatoms. The zero-order valence-electron chi connectivity index (χ0n) is 8.16. The van der Waals surface area contributed by atoms with Crippen LogP contribution >= 0.6 is 0 Å². The number of methoxy groups -OCH3 is 1. The highest BCUT2D eigenvalue weighted by molar-refractivity contribution is 5.30. The first-order valence-corrected chi connectivity index (χ1v) is 4.24. The molecule has 0 heterocycles. The van der Waals surface area contributed by atoms with E-state index >= 15 is 0 Å². The Morgan fingerprint density at radius 3 is 2.71 bits per heavy atom. The highest BCUT2D eigenvalue weighted by Crippen LogP contribution is 2.21. The minimum atomic E-state index is -0.680. The van der Waals surface area contributed by atoms with Gasteiger partial charge in [-0.1, -0.05) is 6.07 Å². The van der Waals surface area contributed by atoms with Crippen molar-refractivity contribution in [2.75, 3.05) is 13.9 Å². The first kappa shape index (κ1) is 10.9. The van der Waals surface area contributed by atoms with E-state index in [4.69, 9.17) is 4.74 Å². The summed E-state index contributed by atoms with van der Waals surface area (Å²) in [5.41, 5.74) is 0.521. The van der Waals surface area contributed by atoms with Gasteiger partial charge in [-0.05, 0) is 24.6 Å². The minimum absolute atomic E-state index is 0.00491. The number of rotatable bonds is 4. The van der Waals surface area contributed by atoms with E-state index in [0.717, 1.165) is 0 Å². The van der Waals surface area contributed by atoms with E-state index in [2.05, 4.69) is 4.74 Å². The molecule has 0 aliphatic carbocycles. The van der Waals surface area contributed by atoms with Gasteiger partial charge in [0.25, 0.3) is 0 Å². The monoisotopic (exact) mass is 200 g/mol. The van der Waals surface area contributed by atoms with Gasteiger partial charge in [0.05, 0.1) is 6.10 Å². The van der Waals surface area contributed by atoms with E-state index in [1.165, 1.54) is 19.2 Å². The van der Waals surface area contributed by atoms with Gasteiger partial charge in [-0.25, -0.2) is 4.39 Å². The van der Waals surface area contributed by atoms with Gasteiger partial charge in [0.2, 0.25) is 0 Å². The average molecular weight is 200 g/mol. The molecule has 1 unspecified atom stereocenters. The minimum Gasteiger partial charge on any atom is -0.464 e. The van der Waals surface area contributed by atoms with Crippen molar-refractivity contribution < 1.29 is 19.0 Å². The molecule has 14 heavy (non-hydrogen) atoms. The zero-order chi connectivity index (χ0) is 10.6. The highest BCUT2D eigenvalue weighted by atomic mass is 19.1. The summed E-state index contributed by atoms with van der Waals surface area (Å²) < 4.78 is 22.8. The van der Waals surface area contributed by atoms with Crippen molar-refractivity contribution in [1.29, 1.82) is 0 Å². The number of aliphatic hydroxyl groups excluding tert-OH is 1. The predicted molar refractivity (Wildman–Crippen MR) is 49.5 cm³/mol. The lowest BCUT2D eigenvalue weighted by Gasteiger charge is -2.08. The third kappa shape index (κ3) is 2.68. The highest BCUT2D eigenvalue weighted by Gasteiger charge is 2.07. The fourth-order valence-electron chi connectivity index (χ4n) is 1.02. The molecular formula is C10H13FO3. The summed E-state index contributed by atoms with van der Waals surface area (Å²) in [5, 5.41) is 9.18. The van der Waals surface area contributed by atoms with Gasteiger partial charge in [-0.15, -0.1) is 0 Å². The molecule has 1 N–H and O–H groups in total. The standard InChI is InChI=1S/C10H13FO3/c1-7(12)8-3-4-10(9(11)5-8)14-6-13-2/h3-5,7,12H,6H2,1-2H3. The Hall–Kier alpha value is -1.13. The van der Waals surface area contributed by atoms with E-state index < -0.39 is 11.9 Å². The Kier molecular flexibility index (Phi) is 3.85. The summed E-state index contributed by atoms with van der Waals surface area (Å²) in [6, 6.07) is 4.32. The third-order valence-electron chi connectivity index (χ3n) is 1.77. The maximum Gasteiger partial charge on any atom is 0.188 e. The Bertz CT molecular complexity index is 299. The van der Waals surface area contributed by atoms with Crippen LogP contribution in [0.2, 0.25) is 0 Å². The van der Waals surface area contributed by atoms with Crippen LogP contribution in [0.15, 0.2) is 18.2 Å². The summed E-state index contributed by atoms with van der Waals surface area (Å²) in [7, 11) is 1.46. The molecule has 3 nitrogen and oxygen atoms in total. The fourth-order valence-corrected chi connectivity index (χ4v) is 1.02. The van der Waals surface area contributed by atoms with E-state index in [9.17, 15) is 9.50 Å². The largest absolute Gasteiger partial charge is 0.464 e. The lowest BCUT2D eigenvalue weighted by molar-refractivity contribution is 0.0482. The maximum absolute atomic E-state index is 13.2. The van der Waals surface area contributed by atoms with Gasteiger partial charge in [-0.2, -0.15) is 0 Å². The van der Waals surface area contributed by atoms with Crippen molar-refractivity contribution in [3.05, 3.63) is 29.6 Å². The summed E-state index contributed by atoms with van der Waals surface area (Å²) >= 11 is 0. The topological polar surface area (TPSA) is 38.7 Å². The van der Waals surface area contributed by atoms with Crippen molar-refractivity contribution in [3.8, 4) is 5.75 Å². The second kappa shape index (κ2) is 4.93. The van der Waals surface area contributed by atoms with Gasteiger partial charge in [0.1, 0.15) is 0 Å². The summed E-state index contributed by atoms with van der Waals surface area (Å²) in [6.07, 6.45) is -0.680. The smallest absolute Gasteiger partial charge is 0.188 e. The van der Waals surface area contributed by atoms with Crippen LogP contribution in [0, 0.1) is 5.82 Å². The van der Waals surface area contributed by atoms with Crippen molar-refractivity contribution in [1.82, 2.24) is 0 Å². The van der Waals surface area contributed by atoms with Crippen LogP contribution in [0.3, 0.4) is 0 Å². The number of benzene rings is 1. The van der Waals surface area contributed by atoms with Crippen LogP contribution in [0.25, 0.3) is 0 Å². The molecule has 0 radical (unpaired) electrons.